The minimum atomic E-state index is -0.657. The van der Waals surface area contributed by atoms with Gasteiger partial charge in [0.2, 0.25) is 11.8 Å². The molecule has 4 atom stereocenters. The van der Waals surface area contributed by atoms with E-state index in [1.807, 2.05) is 49.9 Å². The second kappa shape index (κ2) is 16.6. The van der Waals surface area contributed by atoms with Gasteiger partial charge in [-0.15, -0.1) is 0 Å². The van der Waals surface area contributed by atoms with Crippen LogP contribution in [0.3, 0.4) is 0 Å². The molecule has 0 aromatic carbocycles. The molecule has 14 heteroatoms. The zero-order valence-electron chi connectivity index (χ0n) is 28.6. The number of nitrogens with zero attached hydrogens (tertiary/aromatic N) is 4. The highest BCUT2D eigenvalue weighted by atomic mass is 16.5. The van der Waals surface area contributed by atoms with Crippen LogP contribution >= 0.6 is 0 Å². The number of carbonyl (C=O) groups is 4. The number of aryl methyl sites for hydroxylation is 2. The van der Waals surface area contributed by atoms with Crippen LogP contribution in [-0.2, 0) is 31.9 Å². The highest BCUT2D eigenvalue weighted by Gasteiger charge is 2.38. The van der Waals surface area contributed by atoms with Gasteiger partial charge in [0.05, 0.1) is 26.3 Å². The van der Waals surface area contributed by atoms with Gasteiger partial charge in [-0.25, -0.2) is 19.6 Å². The van der Waals surface area contributed by atoms with Crippen LogP contribution in [0.15, 0.2) is 12.4 Å². The molecule has 260 valence electrons. The molecule has 4 amide bonds. The number of ether oxygens (including phenoxy) is 2. The first-order chi connectivity index (χ1) is 22.5. The normalized spacial score (nSPS) is 19.2. The monoisotopic (exact) mass is 656 g/mol. The molecule has 0 aliphatic carbocycles. The lowest BCUT2D eigenvalue weighted by Crippen LogP contribution is -2.51. The van der Waals surface area contributed by atoms with Crippen LogP contribution in [0, 0.1) is 11.8 Å². The molecule has 2 saturated heterocycles. The number of aromatic amines is 2. The van der Waals surface area contributed by atoms with Crippen LogP contribution in [-0.4, -0.2) is 93.1 Å². The van der Waals surface area contributed by atoms with Crippen molar-refractivity contribution in [1.29, 1.82) is 0 Å². The van der Waals surface area contributed by atoms with Crippen molar-refractivity contribution in [2.45, 2.75) is 110 Å². The number of aromatic nitrogens is 4. The fourth-order valence-electron chi connectivity index (χ4n) is 6.54. The average molecular weight is 657 g/mol. The SMILES string of the molecule is COC(=O)N[C@@H](C(=O)N1CCC[C@@H]1c1ncc(CCCCCc2cnc([C@H]3CCCN3C(=O)[C@H](NC(=O)OC)C(C)C)[nH]2)[nH]1)C(C)C. The zero-order chi connectivity index (χ0) is 34.1. The number of likely N-dealkylation sites (tertiary alicyclic amines) is 2. The van der Waals surface area contributed by atoms with Crippen molar-refractivity contribution in [3.63, 3.8) is 0 Å². The first-order valence-electron chi connectivity index (χ1n) is 16.9. The number of hydrogen-bond donors (Lipinski definition) is 4. The van der Waals surface area contributed by atoms with Crippen molar-refractivity contribution in [2.24, 2.45) is 11.8 Å². The molecule has 14 nitrogen and oxygen atoms in total. The first-order valence-corrected chi connectivity index (χ1v) is 16.9. The molecule has 0 spiro atoms. The van der Waals surface area contributed by atoms with Crippen LogP contribution < -0.4 is 10.6 Å². The molecule has 0 radical (unpaired) electrons. The van der Waals surface area contributed by atoms with Crippen molar-refractivity contribution in [1.82, 2.24) is 40.4 Å². The van der Waals surface area contributed by atoms with E-state index in [1.54, 1.807) is 0 Å². The molecule has 0 bridgehead atoms. The van der Waals surface area contributed by atoms with Crippen LogP contribution in [0.2, 0.25) is 0 Å². The average Bonchev–Trinajstić information content (AvgIpc) is 3.87. The quantitative estimate of drug-likeness (QED) is 0.219. The van der Waals surface area contributed by atoms with Gasteiger partial charge in [0.15, 0.2) is 0 Å². The summed E-state index contributed by atoms with van der Waals surface area (Å²) >= 11 is 0. The molecule has 2 fully saturated rings. The minimum absolute atomic E-state index is 0.0794. The minimum Gasteiger partial charge on any atom is -0.453 e. The number of imidazole rings is 2. The van der Waals surface area contributed by atoms with Gasteiger partial charge in [-0.05, 0) is 63.2 Å². The third-order valence-electron chi connectivity index (χ3n) is 9.17. The van der Waals surface area contributed by atoms with Crippen LogP contribution in [0.25, 0.3) is 0 Å². The smallest absolute Gasteiger partial charge is 0.407 e. The molecule has 2 aromatic heterocycles. The Morgan fingerprint density at radius 3 is 1.51 bits per heavy atom. The number of H-pyrrole nitrogens is 2. The fraction of sp³-hybridized carbons (Fsp3) is 0.697. The molecular weight excluding hydrogens is 604 g/mol. The van der Waals surface area contributed by atoms with Crippen molar-refractivity contribution >= 4 is 24.0 Å². The Kier molecular flexibility index (Phi) is 12.7. The number of rotatable bonds is 14. The van der Waals surface area contributed by atoms with Gasteiger partial charge < -0.3 is 39.9 Å². The van der Waals surface area contributed by atoms with Gasteiger partial charge in [-0.2, -0.15) is 0 Å². The predicted molar refractivity (Wildman–Crippen MR) is 174 cm³/mol. The molecule has 4 N–H and O–H groups in total. The summed E-state index contributed by atoms with van der Waals surface area (Å²) in [7, 11) is 2.59. The van der Waals surface area contributed by atoms with E-state index in [1.165, 1.54) is 14.2 Å². The van der Waals surface area contributed by atoms with E-state index in [4.69, 9.17) is 9.47 Å². The summed E-state index contributed by atoms with van der Waals surface area (Å²) in [6.07, 6.45) is 10.6. The van der Waals surface area contributed by atoms with Crippen LogP contribution in [0.5, 0.6) is 0 Å². The number of nitrogens with one attached hydrogen (secondary N) is 4. The van der Waals surface area contributed by atoms with E-state index in [9.17, 15) is 19.2 Å². The molecule has 0 unspecified atom stereocenters. The van der Waals surface area contributed by atoms with Crippen molar-refractivity contribution < 1.29 is 28.7 Å². The van der Waals surface area contributed by atoms with E-state index in [-0.39, 0.29) is 35.7 Å². The van der Waals surface area contributed by atoms with Crippen LogP contribution in [0.1, 0.15) is 108 Å². The van der Waals surface area contributed by atoms with Gasteiger partial charge in [-0.1, -0.05) is 34.1 Å². The summed E-state index contributed by atoms with van der Waals surface area (Å²) < 4.78 is 9.45. The van der Waals surface area contributed by atoms with Crippen molar-refractivity contribution in [3.8, 4) is 0 Å². The summed E-state index contributed by atoms with van der Waals surface area (Å²) in [5.41, 5.74) is 2.09. The molecule has 0 saturated carbocycles. The molecule has 4 heterocycles. The Labute approximate surface area is 277 Å². The largest absolute Gasteiger partial charge is 0.453 e. The number of methoxy groups -OCH3 is 2. The lowest BCUT2D eigenvalue weighted by molar-refractivity contribution is -0.136. The lowest BCUT2D eigenvalue weighted by atomic mass is 10.0. The standard InChI is InChI=1S/C33H52N8O6/c1-20(2)26(38-32(44)46-5)30(42)40-16-10-14-24(40)28-34-18-22(36-28)12-8-7-9-13-23-19-35-29(37-23)25-15-11-17-41(25)31(43)27(21(3)4)39-33(45)47-6/h18-21,24-27H,7-17H2,1-6H3,(H,34,36)(H,35,37)(H,38,44)(H,39,45)/t24-,25-,26-,27-/m1/s1. The number of amides is 4. The number of carbonyl (C=O) groups excluding carboxylic acids is 4. The third kappa shape index (κ3) is 9.04. The Bertz CT molecular complexity index is 1260. The first kappa shape index (κ1) is 35.7. The van der Waals surface area contributed by atoms with E-state index >= 15 is 0 Å². The van der Waals surface area contributed by atoms with Gasteiger partial charge >= 0.3 is 12.2 Å². The summed E-state index contributed by atoms with van der Waals surface area (Å²) in [6, 6.07) is -1.60. The van der Waals surface area contributed by atoms with Gasteiger partial charge in [0.25, 0.3) is 0 Å². The van der Waals surface area contributed by atoms with Crippen LogP contribution in [0.4, 0.5) is 9.59 Å². The van der Waals surface area contributed by atoms with Gasteiger partial charge in [-0.3, -0.25) is 9.59 Å². The number of unbranched alkanes of at least 4 members (excludes halogenated alkanes) is 2. The predicted octanol–water partition coefficient (Wildman–Crippen LogP) is 4.18. The molecule has 47 heavy (non-hydrogen) atoms. The van der Waals surface area contributed by atoms with Crippen molar-refractivity contribution in [2.75, 3.05) is 27.3 Å². The molecule has 4 rings (SSSR count). The van der Waals surface area contributed by atoms with E-state index < -0.39 is 24.3 Å². The summed E-state index contributed by atoms with van der Waals surface area (Å²) in [4.78, 5) is 70.2. The third-order valence-corrected chi connectivity index (χ3v) is 9.17. The molecular formula is C33H52N8O6. The lowest BCUT2D eigenvalue weighted by Gasteiger charge is -2.30. The second-order valence-electron chi connectivity index (χ2n) is 13.2. The summed E-state index contributed by atoms with van der Waals surface area (Å²) in [5.74, 6) is 1.19. The van der Waals surface area contributed by atoms with E-state index in [0.29, 0.717) is 13.1 Å². The molecule has 2 aliphatic rings. The maximum atomic E-state index is 13.4. The Balaban J connectivity index is 1.24. The summed E-state index contributed by atoms with van der Waals surface area (Å²) in [5, 5.41) is 5.37. The van der Waals surface area contributed by atoms with E-state index in [2.05, 4.69) is 30.6 Å². The zero-order valence-corrected chi connectivity index (χ0v) is 28.6. The number of alkyl carbamates (subject to hydrolysis) is 2. The number of hydrogen-bond acceptors (Lipinski definition) is 8. The Morgan fingerprint density at radius 2 is 1.15 bits per heavy atom. The Morgan fingerprint density at radius 1 is 0.745 bits per heavy atom. The van der Waals surface area contributed by atoms with E-state index in [0.717, 1.165) is 80.8 Å². The van der Waals surface area contributed by atoms with Gasteiger partial charge in [0, 0.05) is 36.9 Å². The second-order valence-corrected chi connectivity index (χ2v) is 13.2. The van der Waals surface area contributed by atoms with Crippen molar-refractivity contribution in [3.05, 3.63) is 35.4 Å². The highest BCUT2D eigenvalue weighted by Crippen LogP contribution is 2.33. The van der Waals surface area contributed by atoms with Gasteiger partial charge in [0.1, 0.15) is 23.7 Å². The maximum Gasteiger partial charge on any atom is 0.407 e. The fourth-order valence-corrected chi connectivity index (χ4v) is 6.54. The molecule has 2 aliphatic heterocycles. The summed E-state index contributed by atoms with van der Waals surface area (Å²) in [6.45, 7) is 8.87. The maximum absolute atomic E-state index is 13.4. The molecule has 2 aromatic rings. The highest BCUT2D eigenvalue weighted by molar-refractivity contribution is 5.87. The Hall–Kier alpha value is -4.10. The topological polar surface area (TPSA) is 175 Å².